The van der Waals surface area contributed by atoms with Crippen molar-refractivity contribution in [2.24, 2.45) is 0 Å². The van der Waals surface area contributed by atoms with Gasteiger partial charge in [-0.15, -0.1) is 0 Å². The molecule has 2 aromatic carbocycles. The number of benzene rings is 2. The molecule has 0 spiro atoms. The molecule has 132 valence electrons. The molecule has 0 aliphatic heterocycles. The number of amides is 1. The van der Waals surface area contributed by atoms with Gasteiger partial charge in [-0.05, 0) is 55.0 Å². The third-order valence-corrected chi connectivity index (χ3v) is 3.92. The minimum atomic E-state index is -0.336. The van der Waals surface area contributed by atoms with E-state index in [-0.39, 0.29) is 11.6 Å². The first-order chi connectivity index (χ1) is 12.5. The van der Waals surface area contributed by atoms with Gasteiger partial charge in [0.1, 0.15) is 17.3 Å². The number of aryl methyl sites for hydroxylation is 1. The van der Waals surface area contributed by atoms with Crippen LogP contribution in [-0.2, 0) is 0 Å². The van der Waals surface area contributed by atoms with Gasteiger partial charge in [0.15, 0.2) is 0 Å². The zero-order valence-corrected chi connectivity index (χ0v) is 15.0. The van der Waals surface area contributed by atoms with Crippen LogP contribution < -0.4 is 15.4 Å². The Hall–Kier alpha value is -3.12. The summed E-state index contributed by atoms with van der Waals surface area (Å²) in [6, 6.07) is 12.6. The number of nitrogens with zero attached hydrogens (tertiary/aromatic N) is 2. The van der Waals surface area contributed by atoms with Crippen LogP contribution in [0.2, 0.25) is 5.02 Å². The number of halogens is 1. The first-order valence-corrected chi connectivity index (χ1v) is 8.23. The lowest BCUT2D eigenvalue weighted by molar-refractivity contribution is 0.102. The molecule has 0 aliphatic rings. The van der Waals surface area contributed by atoms with Crippen LogP contribution in [-0.4, -0.2) is 23.0 Å². The van der Waals surface area contributed by atoms with E-state index in [2.05, 4.69) is 20.6 Å². The lowest BCUT2D eigenvalue weighted by atomic mass is 10.2. The van der Waals surface area contributed by atoms with E-state index in [1.54, 1.807) is 37.4 Å². The average molecular weight is 369 g/mol. The zero-order valence-electron chi connectivity index (χ0n) is 14.3. The number of aromatic nitrogens is 2. The summed E-state index contributed by atoms with van der Waals surface area (Å²) in [7, 11) is 1.59. The van der Waals surface area contributed by atoms with Crippen molar-refractivity contribution in [1.29, 1.82) is 0 Å². The number of rotatable bonds is 5. The van der Waals surface area contributed by atoms with Crippen LogP contribution in [0.15, 0.2) is 54.9 Å². The summed E-state index contributed by atoms with van der Waals surface area (Å²) >= 11 is 5.95. The second-order valence-corrected chi connectivity index (χ2v) is 5.99. The third-order valence-electron chi connectivity index (χ3n) is 3.68. The Balaban J connectivity index is 1.67. The van der Waals surface area contributed by atoms with Crippen molar-refractivity contribution in [3.63, 3.8) is 0 Å². The Morgan fingerprint density at radius 3 is 2.46 bits per heavy atom. The lowest BCUT2D eigenvalue weighted by Crippen LogP contribution is -2.14. The number of hydrogen-bond acceptors (Lipinski definition) is 5. The number of carbonyl (C=O) groups excluding carboxylic acids is 1. The Labute approximate surface area is 156 Å². The van der Waals surface area contributed by atoms with E-state index in [0.717, 1.165) is 17.0 Å². The zero-order chi connectivity index (χ0) is 18.5. The standard InChI is InChI=1S/C19H17ClN4O2/c1-12-9-13(20)3-8-16(12)24-18-11-21-17(10-22-18)19(25)23-14-4-6-15(26-2)7-5-14/h3-11H,1-2H3,(H,22,24)(H,23,25). The highest BCUT2D eigenvalue weighted by molar-refractivity contribution is 6.30. The van der Waals surface area contributed by atoms with Crippen LogP contribution in [0.25, 0.3) is 0 Å². The van der Waals surface area contributed by atoms with Gasteiger partial charge in [-0.1, -0.05) is 11.6 Å². The Morgan fingerprint density at radius 1 is 1.08 bits per heavy atom. The first-order valence-electron chi connectivity index (χ1n) is 7.86. The Morgan fingerprint density at radius 2 is 1.85 bits per heavy atom. The first kappa shape index (κ1) is 17.7. The maximum atomic E-state index is 12.2. The van der Waals surface area contributed by atoms with Gasteiger partial charge >= 0.3 is 0 Å². The van der Waals surface area contributed by atoms with Crippen molar-refractivity contribution in [3.05, 3.63) is 71.1 Å². The number of ether oxygens (including phenoxy) is 1. The van der Waals surface area contributed by atoms with Crippen LogP contribution >= 0.6 is 11.6 Å². The summed E-state index contributed by atoms with van der Waals surface area (Å²) in [5, 5.41) is 6.58. The highest BCUT2D eigenvalue weighted by atomic mass is 35.5. The molecule has 0 saturated heterocycles. The summed E-state index contributed by atoms with van der Waals surface area (Å²) in [4.78, 5) is 20.7. The van der Waals surface area contributed by atoms with E-state index in [1.807, 2.05) is 19.1 Å². The van der Waals surface area contributed by atoms with Gasteiger partial charge in [0.25, 0.3) is 5.91 Å². The monoisotopic (exact) mass is 368 g/mol. The predicted octanol–water partition coefficient (Wildman–Crippen LogP) is 4.44. The lowest BCUT2D eigenvalue weighted by Gasteiger charge is -2.09. The highest BCUT2D eigenvalue weighted by Crippen LogP contribution is 2.22. The van der Waals surface area contributed by atoms with E-state index >= 15 is 0 Å². The smallest absolute Gasteiger partial charge is 0.275 e. The van der Waals surface area contributed by atoms with Crippen molar-refractivity contribution in [1.82, 2.24) is 9.97 Å². The largest absolute Gasteiger partial charge is 0.497 e. The molecule has 3 aromatic rings. The maximum absolute atomic E-state index is 12.2. The van der Waals surface area contributed by atoms with Crippen molar-refractivity contribution >= 4 is 34.7 Å². The molecule has 1 amide bonds. The van der Waals surface area contributed by atoms with Crippen molar-refractivity contribution in [2.45, 2.75) is 6.92 Å². The predicted molar refractivity (Wildman–Crippen MR) is 102 cm³/mol. The fourth-order valence-corrected chi connectivity index (χ4v) is 2.51. The molecule has 1 aromatic heterocycles. The third kappa shape index (κ3) is 4.29. The molecule has 0 fully saturated rings. The maximum Gasteiger partial charge on any atom is 0.275 e. The van der Waals surface area contributed by atoms with Gasteiger partial charge in [-0.3, -0.25) is 4.79 Å². The second kappa shape index (κ2) is 7.84. The van der Waals surface area contributed by atoms with Gasteiger partial charge < -0.3 is 15.4 Å². The molecule has 26 heavy (non-hydrogen) atoms. The second-order valence-electron chi connectivity index (χ2n) is 5.55. The molecule has 3 rings (SSSR count). The normalized spacial score (nSPS) is 10.3. The molecule has 0 bridgehead atoms. The number of carbonyl (C=O) groups is 1. The molecule has 0 unspecified atom stereocenters. The molecule has 0 atom stereocenters. The van der Waals surface area contributed by atoms with Crippen molar-refractivity contribution < 1.29 is 9.53 Å². The molecule has 0 aliphatic carbocycles. The van der Waals surface area contributed by atoms with Crippen molar-refractivity contribution in [3.8, 4) is 5.75 Å². The van der Waals surface area contributed by atoms with Crippen LogP contribution in [0.5, 0.6) is 5.75 Å². The van der Waals surface area contributed by atoms with Gasteiger partial charge in [0.05, 0.1) is 19.5 Å². The van der Waals surface area contributed by atoms with Crippen molar-refractivity contribution in [2.75, 3.05) is 17.7 Å². The molecule has 1 heterocycles. The number of anilines is 3. The fourth-order valence-electron chi connectivity index (χ4n) is 2.28. The molecule has 6 nitrogen and oxygen atoms in total. The molecular weight excluding hydrogens is 352 g/mol. The quantitative estimate of drug-likeness (QED) is 0.696. The topological polar surface area (TPSA) is 76.1 Å². The summed E-state index contributed by atoms with van der Waals surface area (Å²) in [5.74, 6) is 0.920. The van der Waals surface area contributed by atoms with Crippen LogP contribution in [0.3, 0.4) is 0 Å². The summed E-state index contributed by atoms with van der Waals surface area (Å²) in [6.45, 7) is 1.94. The summed E-state index contributed by atoms with van der Waals surface area (Å²) in [5.41, 5.74) is 2.73. The molecule has 7 heteroatoms. The molecular formula is C19H17ClN4O2. The van der Waals surface area contributed by atoms with E-state index in [1.165, 1.54) is 12.4 Å². The van der Waals surface area contributed by atoms with E-state index in [0.29, 0.717) is 16.5 Å². The highest BCUT2D eigenvalue weighted by Gasteiger charge is 2.09. The SMILES string of the molecule is COc1ccc(NC(=O)c2cnc(Nc3ccc(Cl)cc3C)cn2)cc1. The average Bonchev–Trinajstić information content (AvgIpc) is 2.65. The van der Waals surface area contributed by atoms with Crippen LogP contribution in [0.1, 0.15) is 16.1 Å². The summed E-state index contributed by atoms with van der Waals surface area (Å²) in [6.07, 6.45) is 2.93. The minimum absolute atomic E-state index is 0.221. The molecule has 0 saturated carbocycles. The van der Waals surface area contributed by atoms with Crippen LogP contribution in [0.4, 0.5) is 17.2 Å². The van der Waals surface area contributed by atoms with E-state index < -0.39 is 0 Å². The van der Waals surface area contributed by atoms with Gasteiger partial charge in [0.2, 0.25) is 0 Å². The summed E-state index contributed by atoms with van der Waals surface area (Å²) < 4.78 is 5.09. The molecule has 0 radical (unpaired) electrons. The molecule has 2 N–H and O–H groups in total. The van der Waals surface area contributed by atoms with E-state index in [4.69, 9.17) is 16.3 Å². The fraction of sp³-hybridized carbons (Fsp3) is 0.105. The number of methoxy groups -OCH3 is 1. The van der Waals surface area contributed by atoms with Gasteiger partial charge in [-0.2, -0.15) is 0 Å². The number of nitrogens with one attached hydrogen (secondary N) is 2. The number of hydrogen-bond donors (Lipinski definition) is 2. The van der Waals surface area contributed by atoms with E-state index in [9.17, 15) is 4.79 Å². The Kier molecular flexibility index (Phi) is 5.34. The van der Waals surface area contributed by atoms with Gasteiger partial charge in [-0.25, -0.2) is 9.97 Å². The van der Waals surface area contributed by atoms with Crippen LogP contribution in [0, 0.1) is 6.92 Å². The van der Waals surface area contributed by atoms with Gasteiger partial charge in [0, 0.05) is 16.4 Å². The minimum Gasteiger partial charge on any atom is -0.497 e. The Bertz CT molecular complexity index is 912.